The Hall–Kier alpha value is -1.07. The summed E-state index contributed by atoms with van der Waals surface area (Å²) >= 11 is 3.43. The molecule has 17 heavy (non-hydrogen) atoms. The van der Waals surface area contributed by atoms with Gasteiger partial charge < -0.3 is 15.6 Å². The molecule has 1 atom stereocenters. The van der Waals surface area contributed by atoms with Gasteiger partial charge in [0.2, 0.25) is 0 Å². The third kappa shape index (κ3) is 2.98. The van der Waals surface area contributed by atoms with Gasteiger partial charge in [-0.1, -0.05) is 15.9 Å². The maximum absolute atomic E-state index is 11.2. The van der Waals surface area contributed by atoms with Crippen LogP contribution in [0.5, 0.6) is 5.75 Å². The van der Waals surface area contributed by atoms with E-state index in [-0.39, 0.29) is 12.2 Å². The molecule has 5 heteroatoms. The minimum atomic E-state index is -0.570. The van der Waals surface area contributed by atoms with Crippen molar-refractivity contribution < 1.29 is 14.6 Å². The molecule has 0 aliphatic rings. The molecule has 0 fully saturated rings. The molecule has 0 saturated heterocycles. The Kier molecular flexibility index (Phi) is 4.54. The molecule has 0 aliphatic carbocycles. The first kappa shape index (κ1) is 14.0. The molecular formula is C12H16BrNO3. The number of aromatic hydroxyl groups is 1. The summed E-state index contributed by atoms with van der Waals surface area (Å²) in [7, 11) is 1.31. The highest BCUT2D eigenvalue weighted by Crippen LogP contribution is 2.35. The van der Waals surface area contributed by atoms with E-state index in [1.165, 1.54) is 7.11 Å². The van der Waals surface area contributed by atoms with E-state index in [1.54, 1.807) is 6.07 Å². The number of rotatable bonds is 3. The number of hydrogen-bond acceptors (Lipinski definition) is 4. The van der Waals surface area contributed by atoms with Gasteiger partial charge in [0, 0.05) is 16.1 Å². The second kappa shape index (κ2) is 5.51. The second-order valence-corrected chi connectivity index (χ2v) is 4.74. The summed E-state index contributed by atoms with van der Waals surface area (Å²) in [4.78, 5) is 11.2. The Balaban J connectivity index is 3.13. The first-order chi connectivity index (χ1) is 7.88. The zero-order chi connectivity index (χ0) is 13.2. The Morgan fingerprint density at radius 2 is 2.18 bits per heavy atom. The fourth-order valence-electron chi connectivity index (χ4n) is 1.79. The number of carbonyl (C=O) groups is 1. The number of nitrogens with two attached hydrogens (primary N) is 1. The quantitative estimate of drug-likeness (QED) is 0.841. The lowest BCUT2D eigenvalue weighted by atomic mass is 9.96. The maximum Gasteiger partial charge on any atom is 0.307 e. The number of methoxy groups -OCH3 is 1. The van der Waals surface area contributed by atoms with Gasteiger partial charge >= 0.3 is 5.97 Å². The van der Waals surface area contributed by atoms with E-state index >= 15 is 0 Å². The number of phenols is 1. The van der Waals surface area contributed by atoms with Crippen LogP contribution in [-0.4, -0.2) is 18.2 Å². The minimum Gasteiger partial charge on any atom is -0.508 e. The van der Waals surface area contributed by atoms with Crippen LogP contribution >= 0.6 is 15.9 Å². The van der Waals surface area contributed by atoms with Gasteiger partial charge in [0.1, 0.15) is 5.75 Å². The van der Waals surface area contributed by atoms with Crippen LogP contribution in [0.1, 0.15) is 29.2 Å². The average Bonchev–Trinajstić information content (AvgIpc) is 2.25. The molecule has 0 aromatic heterocycles. The summed E-state index contributed by atoms with van der Waals surface area (Å²) in [5.41, 5.74) is 8.26. The monoisotopic (exact) mass is 301 g/mol. The Bertz CT molecular complexity index is 446. The number of halogens is 1. The minimum absolute atomic E-state index is 0.0421. The van der Waals surface area contributed by atoms with Crippen molar-refractivity contribution in [2.75, 3.05) is 7.11 Å². The van der Waals surface area contributed by atoms with Crippen molar-refractivity contribution in [1.29, 1.82) is 0 Å². The molecular weight excluding hydrogens is 286 g/mol. The van der Waals surface area contributed by atoms with Crippen molar-refractivity contribution >= 4 is 21.9 Å². The molecule has 1 rings (SSSR count). The lowest BCUT2D eigenvalue weighted by Crippen LogP contribution is -2.17. The summed E-state index contributed by atoms with van der Waals surface area (Å²) in [6, 6.07) is 1.06. The molecule has 0 radical (unpaired) electrons. The predicted molar refractivity (Wildman–Crippen MR) is 68.8 cm³/mol. The van der Waals surface area contributed by atoms with Gasteiger partial charge in [-0.3, -0.25) is 4.79 Å². The second-order valence-electron chi connectivity index (χ2n) is 3.95. The zero-order valence-electron chi connectivity index (χ0n) is 10.1. The molecule has 0 amide bonds. The van der Waals surface area contributed by atoms with Gasteiger partial charge in [0.05, 0.1) is 13.5 Å². The van der Waals surface area contributed by atoms with Crippen LogP contribution in [0.2, 0.25) is 0 Å². The highest BCUT2D eigenvalue weighted by Gasteiger charge is 2.20. The van der Waals surface area contributed by atoms with Crippen molar-refractivity contribution in [3.63, 3.8) is 0 Å². The predicted octanol–water partition coefficient (Wildman–Crippen LogP) is 2.33. The molecule has 0 heterocycles. The fraction of sp³-hybridized carbons (Fsp3) is 0.417. The molecule has 0 unspecified atom stereocenters. The maximum atomic E-state index is 11.2. The molecule has 0 saturated carbocycles. The van der Waals surface area contributed by atoms with Crippen molar-refractivity contribution in [3.8, 4) is 5.75 Å². The summed E-state index contributed by atoms with van der Waals surface area (Å²) < 4.78 is 5.46. The van der Waals surface area contributed by atoms with E-state index in [4.69, 9.17) is 5.73 Å². The normalized spacial score (nSPS) is 12.3. The van der Waals surface area contributed by atoms with Crippen LogP contribution in [0.25, 0.3) is 0 Å². The van der Waals surface area contributed by atoms with E-state index in [0.29, 0.717) is 5.56 Å². The number of hydrogen-bond donors (Lipinski definition) is 2. The third-order valence-corrected chi connectivity index (χ3v) is 3.91. The molecule has 1 aromatic rings. The van der Waals surface area contributed by atoms with E-state index in [1.807, 2.05) is 13.8 Å². The number of ether oxygens (including phenoxy) is 1. The zero-order valence-corrected chi connectivity index (χ0v) is 11.7. The summed E-state index contributed by atoms with van der Waals surface area (Å²) in [6.07, 6.45) is 0.0421. The smallest absolute Gasteiger partial charge is 0.307 e. The first-order valence-corrected chi connectivity index (χ1v) is 5.98. The summed E-state index contributed by atoms with van der Waals surface area (Å²) in [6.45, 7) is 3.73. The lowest BCUT2D eigenvalue weighted by molar-refractivity contribution is -0.141. The van der Waals surface area contributed by atoms with Gasteiger partial charge in [-0.15, -0.1) is 0 Å². The molecule has 0 aliphatic heterocycles. The number of esters is 1. The molecule has 0 bridgehead atoms. The van der Waals surface area contributed by atoms with Crippen molar-refractivity contribution in [2.24, 2.45) is 5.73 Å². The van der Waals surface area contributed by atoms with Crippen LogP contribution in [0.4, 0.5) is 0 Å². The van der Waals surface area contributed by atoms with Gasteiger partial charge in [-0.25, -0.2) is 0 Å². The highest BCUT2D eigenvalue weighted by atomic mass is 79.9. The molecule has 4 nitrogen and oxygen atoms in total. The van der Waals surface area contributed by atoms with Gasteiger partial charge in [0.25, 0.3) is 0 Å². The van der Waals surface area contributed by atoms with Gasteiger partial charge in [0.15, 0.2) is 0 Å². The van der Waals surface area contributed by atoms with Crippen molar-refractivity contribution in [2.45, 2.75) is 26.3 Å². The van der Waals surface area contributed by atoms with E-state index in [2.05, 4.69) is 20.7 Å². The third-order valence-electron chi connectivity index (χ3n) is 2.69. The largest absolute Gasteiger partial charge is 0.508 e. The van der Waals surface area contributed by atoms with E-state index in [0.717, 1.165) is 15.6 Å². The molecule has 1 aromatic carbocycles. The summed E-state index contributed by atoms with van der Waals surface area (Å²) in [5, 5.41) is 9.90. The van der Waals surface area contributed by atoms with Gasteiger partial charge in [-0.05, 0) is 31.0 Å². The van der Waals surface area contributed by atoms with Crippen LogP contribution < -0.4 is 5.73 Å². The summed E-state index contributed by atoms with van der Waals surface area (Å²) in [5.74, 6) is -0.285. The lowest BCUT2D eigenvalue weighted by Gasteiger charge is -2.17. The number of benzene rings is 1. The Labute approximate surface area is 109 Å². The van der Waals surface area contributed by atoms with Gasteiger partial charge in [-0.2, -0.15) is 0 Å². The van der Waals surface area contributed by atoms with Crippen molar-refractivity contribution in [3.05, 3.63) is 27.2 Å². The Morgan fingerprint density at radius 1 is 1.59 bits per heavy atom. The number of phenolic OH excluding ortho intramolecular Hbond substituents is 1. The topological polar surface area (TPSA) is 72.5 Å². The number of aryl methyl sites for hydroxylation is 1. The molecule has 94 valence electrons. The van der Waals surface area contributed by atoms with Crippen molar-refractivity contribution in [1.82, 2.24) is 0 Å². The van der Waals surface area contributed by atoms with Crippen LogP contribution in [0.3, 0.4) is 0 Å². The standard InChI is InChI=1S/C12H16BrNO3/c1-6-4-9(15)11(7(2)12(6)13)8(14)5-10(16)17-3/h4,8,15H,5,14H2,1-3H3/t8-/m0/s1. The van der Waals surface area contributed by atoms with Crippen LogP contribution in [-0.2, 0) is 9.53 Å². The molecule has 3 N–H and O–H groups in total. The van der Waals surface area contributed by atoms with Crippen LogP contribution in [0.15, 0.2) is 10.5 Å². The fourth-order valence-corrected chi connectivity index (χ4v) is 2.11. The first-order valence-electron chi connectivity index (χ1n) is 5.19. The SMILES string of the molecule is COC(=O)C[C@H](N)c1c(O)cc(C)c(Br)c1C. The van der Waals surface area contributed by atoms with E-state index < -0.39 is 12.0 Å². The molecule has 0 spiro atoms. The van der Waals surface area contributed by atoms with E-state index in [9.17, 15) is 9.90 Å². The number of carbonyl (C=O) groups excluding carboxylic acids is 1. The highest BCUT2D eigenvalue weighted by molar-refractivity contribution is 9.10. The van der Waals surface area contributed by atoms with Crippen LogP contribution in [0, 0.1) is 13.8 Å². The average molecular weight is 302 g/mol. The Morgan fingerprint density at radius 3 is 2.71 bits per heavy atom.